The molecule has 78 valence electrons. The Bertz CT molecular complexity index is 446. The third-order valence-electron chi connectivity index (χ3n) is 2.17. The van der Waals surface area contributed by atoms with E-state index in [0.29, 0.717) is 5.56 Å². The largest absolute Gasteiger partial charge is 0.478 e. The Labute approximate surface area is 96.5 Å². The minimum Gasteiger partial charge on any atom is -0.478 e. The highest BCUT2D eigenvalue weighted by molar-refractivity contribution is 9.10. The van der Waals surface area contributed by atoms with Gasteiger partial charge in [-0.1, -0.05) is 15.9 Å². The molecule has 0 unspecified atom stereocenters. The van der Waals surface area contributed by atoms with E-state index in [0.717, 1.165) is 4.47 Å². The number of hydrogen-bond donors (Lipinski definition) is 1. The summed E-state index contributed by atoms with van der Waals surface area (Å²) in [6.07, 6.45) is 0. The van der Waals surface area contributed by atoms with Crippen LogP contribution in [0.5, 0.6) is 0 Å². The van der Waals surface area contributed by atoms with Crippen molar-refractivity contribution < 1.29 is 9.90 Å². The van der Waals surface area contributed by atoms with Crippen LogP contribution in [0.1, 0.15) is 29.8 Å². The minimum atomic E-state index is -0.988. The van der Waals surface area contributed by atoms with Gasteiger partial charge in [0.15, 0.2) is 0 Å². The highest BCUT2D eigenvalue weighted by Gasteiger charge is 2.23. The average molecular weight is 268 g/mol. The molecule has 0 aliphatic heterocycles. The summed E-state index contributed by atoms with van der Waals surface area (Å²) >= 11 is 3.31. The van der Waals surface area contributed by atoms with Crippen molar-refractivity contribution in [2.75, 3.05) is 0 Å². The van der Waals surface area contributed by atoms with E-state index < -0.39 is 11.4 Å². The molecule has 15 heavy (non-hydrogen) atoms. The number of nitrogens with zero attached hydrogens (tertiary/aromatic N) is 1. The van der Waals surface area contributed by atoms with E-state index in [2.05, 4.69) is 22.0 Å². The number of carboxylic acids is 1. The second-order valence-corrected chi connectivity index (χ2v) is 4.59. The summed E-state index contributed by atoms with van der Waals surface area (Å²) in [5.41, 5.74) is 0.172. The Hall–Kier alpha value is -1.34. The first kappa shape index (κ1) is 11.7. The lowest BCUT2D eigenvalue weighted by molar-refractivity contribution is 0.0696. The third kappa shape index (κ3) is 2.37. The van der Waals surface area contributed by atoms with E-state index in [1.165, 1.54) is 12.1 Å². The lowest BCUT2D eigenvalue weighted by Crippen LogP contribution is -2.15. The van der Waals surface area contributed by atoms with Gasteiger partial charge in [-0.3, -0.25) is 0 Å². The Kier molecular flexibility index (Phi) is 3.15. The molecule has 0 spiro atoms. The zero-order valence-electron chi connectivity index (χ0n) is 8.41. The molecule has 4 heteroatoms. The monoisotopic (exact) mass is 267 g/mol. The predicted octanol–water partition coefficient (Wildman–Crippen LogP) is 2.95. The van der Waals surface area contributed by atoms with Crippen LogP contribution >= 0.6 is 15.9 Å². The maximum absolute atomic E-state index is 10.8. The van der Waals surface area contributed by atoms with Crippen molar-refractivity contribution in [3.05, 3.63) is 33.8 Å². The summed E-state index contributed by atoms with van der Waals surface area (Å²) in [4.78, 5) is 10.8. The first-order valence-electron chi connectivity index (χ1n) is 4.33. The van der Waals surface area contributed by atoms with E-state index in [9.17, 15) is 4.79 Å². The second-order valence-electron chi connectivity index (χ2n) is 3.74. The van der Waals surface area contributed by atoms with Crippen LogP contribution in [-0.4, -0.2) is 11.1 Å². The Morgan fingerprint density at radius 3 is 2.60 bits per heavy atom. The number of carboxylic acid groups (broad SMARTS) is 1. The van der Waals surface area contributed by atoms with Crippen LogP contribution < -0.4 is 0 Å². The van der Waals surface area contributed by atoms with Crippen LogP contribution in [0.4, 0.5) is 0 Å². The van der Waals surface area contributed by atoms with Gasteiger partial charge < -0.3 is 5.11 Å². The Morgan fingerprint density at radius 1 is 1.53 bits per heavy atom. The number of carbonyl (C=O) groups is 1. The molecule has 0 aliphatic carbocycles. The van der Waals surface area contributed by atoms with Crippen molar-refractivity contribution >= 4 is 21.9 Å². The molecule has 0 aromatic heterocycles. The predicted molar refractivity (Wildman–Crippen MR) is 59.7 cm³/mol. The van der Waals surface area contributed by atoms with Gasteiger partial charge >= 0.3 is 5.97 Å². The van der Waals surface area contributed by atoms with Crippen molar-refractivity contribution in [3.63, 3.8) is 0 Å². The fraction of sp³-hybridized carbons (Fsp3) is 0.273. The molecule has 0 atom stereocenters. The molecular formula is C11H10BrNO2. The van der Waals surface area contributed by atoms with Crippen LogP contribution in [0.2, 0.25) is 0 Å². The molecule has 0 heterocycles. The number of rotatable bonds is 2. The molecule has 0 bridgehead atoms. The van der Waals surface area contributed by atoms with Gasteiger partial charge in [0.05, 0.1) is 17.0 Å². The van der Waals surface area contributed by atoms with E-state index in [1.54, 1.807) is 19.9 Å². The standard InChI is InChI=1S/C11H10BrNO2/c1-11(2,6-13)8-5-7(10(14)15)3-4-9(8)12/h3-5H,1-2H3,(H,14,15). The molecule has 3 nitrogen and oxygen atoms in total. The normalized spacial score (nSPS) is 10.8. The quantitative estimate of drug-likeness (QED) is 0.896. The van der Waals surface area contributed by atoms with Gasteiger partial charge in [-0.25, -0.2) is 4.79 Å². The van der Waals surface area contributed by atoms with Gasteiger partial charge in [-0.05, 0) is 37.6 Å². The topological polar surface area (TPSA) is 61.1 Å². The number of halogens is 1. The molecule has 0 saturated heterocycles. The Morgan fingerprint density at radius 2 is 2.13 bits per heavy atom. The number of hydrogen-bond acceptors (Lipinski definition) is 2. The molecule has 1 rings (SSSR count). The number of nitriles is 1. The minimum absolute atomic E-state index is 0.191. The number of benzene rings is 1. The molecule has 0 saturated carbocycles. The van der Waals surface area contributed by atoms with Crippen LogP contribution in [0.25, 0.3) is 0 Å². The average Bonchev–Trinajstić information content (AvgIpc) is 2.17. The van der Waals surface area contributed by atoms with Gasteiger partial charge in [0.2, 0.25) is 0 Å². The van der Waals surface area contributed by atoms with Gasteiger partial charge in [0, 0.05) is 4.47 Å². The summed E-state index contributed by atoms with van der Waals surface area (Å²) in [5.74, 6) is -0.988. The first-order chi connectivity index (χ1) is 6.88. The molecule has 0 radical (unpaired) electrons. The molecule has 0 fully saturated rings. The van der Waals surface area contributed by atoms with E-state index in [4.69, 9.17) is 10.4 Å². The third-order valence-corrected chi connectivity index (χ3v) is 2.86. The zero-order valence-corrected chi connectivity index (χ0v) is 10.00. The van der Waals surface area contributed by atoms with E-state index in [-0.39, 0.29) is 5.56 Å². The molecule has 1 aromatic rings. The maximum Gasteiger partial charge on any atom is 0.335 e. The fourth-order valence-corrected chi connectivity index (χ4v) is 1.94. The van der Waals surface area contributed by atoms with Gasteiger partial charge in [0.1, 0.15) is 0 Å². The van der Waals surface area contributed by atoms with Crippen LogP contribution in [0.15, 0.2) is 22.7 Å². The molecule has 0 amide bonds. The molecule has 0 aliphatic rings. The SMILES string of the molecule is CC(C)(C#N)c1cc(C(=O)O)ccc1Br. The van der Waals surface area contributed by atoms with Crippen molar-refractivity contribution in [2.24, 2.45) is 0 Å². The highest BCUT2D eigenvalue weighted by atomic mass is 79.9. The van der Waals surface area contributed by atoms with Gasteiger partial charge in [0.25, 0.3) is 0 Å². The van der Waals surface area contributed by atoms with Gasteiger partial charge in [-0.15, -0.1) is 0 Å². The smallest absolute Gasteiger partial charge is 0.335 e. The van der Waals surface area contributed by atoms with Crippen molar-refractivity contribution in [1.82, 2.24) is 0 Å². The molecular weight excluding hydrogens is 258 g/mol. The van der Waals surface area contributed by atoms with Crippen LogP contribution in [-0.2, 0) is 5.41 Å². The summed E-state index contributed by atoms with van der Waals surface area (Å²) in [6.45, 7) is 3.50. The highest BCUT2D eigenvalue weighted by Crippen LogP contribution is 2.30. The first-order valence-corrected chi connectivity index (χ1v) is 5.12. The molecule has 1 N–H and O–H groups in total. The summed E-state index contributed by atoms with van der Waals surface area (Å²) in [7, 11) is 0. The lowest BCUT2D eigenvalue weighted by atomic mass is 9.85. The van der Waals surface area contributed by atoms with Crippen molar-refractivity contribution in [1.29, 1.82) is 5.26 Å². The van der Waals surface area contributed by atoms with E-state index in [1.807, 2.05) is 0 Å². The van der Waals surface area contributed by atoms with Crippen LogP contribution in [0, 0.1) is 11.3 Å². The molecule has 1 aromatic carbocycles. The van der Waals surface area contributed by atoms with Crippen LogP contribution in [0.3, 0.4) is 0 Å². The van der Waals surface area contributed by atoms with Gasteiger partial charge in [-0.2, -0.15) is 5.26 Å². The van der Waals surface area contributed by atoms with Crippen molar-refractivity contribution in [3.8, 4) is 6.07 Å². The summed E-state index contributed by atoms with van der Waals surface area (Å²) in [6, 6.07) is 6.82. The van der Waals surface area contributed by atoms with Crippen molar-refractivity contribution in [2.45, 2.75) is 19.3 Å². The summed E-state index contributed by atoms with van der Waals surface area (Å²) in [5, 5.41) is 17.8. The fourth-order valence-electron chi connectivity index (χ4n) is 1.20. The number of aromatic carboxylic acids is 1. The second kappa shape index (κ2) is 4.03. The zero-order chi connectivity index (χ0) is 11.6. The van der Waals surface area contributed by atoms with E-state index >= 15 is 0 Å². The maximum atomic E-state index is 10.8. The Balaban J connectivity index is 3.36. The summed E-state index contributed by atoms with van der Waals surface area (Å²) < 4.78 is 0.749. The lowest BCUT2D eigenvalue weighted by Gasteiger charge is -2.18.